The van der Waals surface area contributed by atoms with Crippen LogP contribution in [0.3, 0.4) is 0 Å². The summed E-state index contributed by atoms with van der Waals surface area (Å²) in [5, 5.41) is 0. The lowest BCUT2D eigenvalue weighted by atomic mass is 10.00. The van der Waals surface area contributed by atoms with Crippen molar-refractivity contribution in [3.8, 4) is 0 Å². The summed E-state index contributed by atoms with van der Waals surface area (Å²) in [7, 11) is 0. The number of hydrogen-bond donors (Lipinski definition) is 2. The lowest BCUT2D eigenvalue weighted by Gasteiger charge is -2.38. The van der Waals surface area contributed by atoms with Crippen molar-refractivity contribution in [3.63, 3.8) is 0 Å². The van der Waals surface area contributed by atoms with E-state index >= 15 is 0 Å². The Balaban J connectivity index is 2.03. The van der Waals surface area contributed by atoms with Crippen LogP contribution in [-0.4, -0.2) is 42.8 Å². The molecule has 1 aliphatic rings. The van der Waals surface area contributed by atoms with E-state index in [4.69, 9.17) is 10.6 Å². The highest BCUT2D eigenvalue weighted by Crippen LogP contribution is 2.16. The minimum atomic E-state index is -0.837. The molecule has 4 nitrogen and oxygen atoms in total. The van der Waals surface area contributed by atoms with Crippen LogP contribution in [-0.2, 0) is 11.2 Å². The maximum atomic E-state index is 13.3. The largest absolute Gasteiger partial charge is 0.374 e. The number of ether oxygens (including phenoxy) is 1. The Kier molecular flexibility index (Phi) is 5.64. The summed E-state index contributed by atoms with van der Waals surface area (Å²) in [5.74, 6) is 3.95. The molecule has 0 radical (unpaired) electrons. The third-order valence-corrected chi connectivity index (χ3v) is 3.96. The van der Waals surface area contributed by atoms with Gasteiger partial charge in [-0.15, -0.1) is 0 Å². The number of benzene rings is 1. The van der Waals surface area contributed by atoms with Crippen LogP contribution in [0.5, 0.6) is 0 Å². The van der Waals surface area contributed by atoms with Crippen molar-refractivity contribution in [1.82, 2.24) is 10.3 Å². The van der Waals surface area contributed by atoms with Crippen molar-refractivity contribution in [3.05, 3.63) is 35.4 Å². The van der Waals surface area contributed by atoms with Gasteiger partial charge in [0, 0.05) is 19.1 Å². The number of hydrazine groups is 1. The SMILES string of the molecule is CC(C)N1CCOC(C(Cc2ccc(F)c(F)c2)NN)C1. The topological polar surface area (TPSA) is 50.5 Å². The molecule has 1 aromatic rings. The summed E-state index contributed by atoms with van der Waals surface area (Å²) in [4.78, 5) is 2.32. The second-order valence-electron chi connectivity index (χ2n) is 5.72. The summed E-state index contributed by atoms with van der Waals surface area (Å²) in [6.07, 6.45) is 0.420. The molecule has 0 aliphatic carbocycles. The van der Waals surface area contributed by atoms with Crippen LogP contribution in [0.1, 0.15) is 19.4 Å². The molecule has 1 aliphatic heterocycles. The second kappa shape index (κ2) is 7.26. The molecule has 2 atom stereocenters. The number of nitrogens with two attached hydrogens (primary N) is 1. The molecule has 0 aromatic heterocycles. The van der Waals surface area contributed by atoms with E-state index in [-0.39, 0.29) is 12.1 Å². The molecule has 118 valence electrons. The monoisotopic (exact) mass is 299 g/mol. The first-order valence-electron chi connectivity index (χ1n) is 7.27. The molecule has 21 heavy (non-hydrogen) atoms. The van der Waals surface area contributed by atoms with Crippen LogP contribution in [0, 0.1) is 11.6 Å². The molecule has 1 heterocycles. The van der Waals surface area contributed by atoms with Crippen LogP contribution >= 0.6 is 0 Å². The molecule has 6 heteroatoms. The van der Waals surface area contributed by atoms with Crippen molar-refractivity contribution in [1.29, 1.82) is 0 Å². The molecule has 1 saturated heterocycles. The number of hydrogen-bond acceptors (Lipinski definition) is 4. The van der Waals surface area contributed by atoms with Crippen LogP contribution in [0.4, 0.5) is 8.78 Å². The van der Waals surface area contributed by atoms with E-state index in [1.807, 2.05) is 0 Å². The van der Waals surface area contributed by atoms with Crippen LogP contribution in [0.15, 0.2) is 18.2 Å². The van der Waals surface area contributed by atoms with Gasteiger partial charge in [0.05, 0.1) is 18.8 Å². The van der Waals surface area contributed by atoms with Crippen molar-refractivity contribution >= 4 is 0 Å². The zero-order chi connectivity index (χ0) is 15.4. The van der Waals surface area contributed by atoms with Crippen LogP contribution < -0.4 is 11.3 Å². The quantitative estimate of drug-likeness (QED) is 0.638. The van der Waals surface area contributed by atoms with E-state index < -0.39 is 11.6 Å². The van der Waals surface area contributed by atoms with Crippen molar-refractivity contribution in [2.45, 2.75) is 38.5 Å². The zero-order valence-electron chi connectivity index (χ0n) is 12.5. The van der Waals surface area contributed by atoms with Gasteiger partial charge >= 0.3 is 0 Å². The van der Waals surface area contributed by atoms with Gasteiger partial charge in [-0.25, -0.2) is 8.78 Å². The predicted molar refractivity (Wildman–Crippen MR) is 77.6 cm³/mol. The van der Waals surface area contributed by atoms with E-state index in [1.54, 1.807) is 6.07 Å². The van der Waals surface area contributed by atoms with Crippen LogP contribution in [0.25, 0.3) is 0 Å². The van der Waals surface area contributed by atoms with Gasteiger partial charge in [-0.1, -0.05) is 6.07 Å². The zero-order valence-corrected chi connectivity index (χ0v) is 12.5. The first-order valence-corrected chi connectivity index (χ1v) is 7.27. The first kappa shape index (κ1) is 16.3. The molecule has 3 N–H and O–H groups in total. The number of halogens is 2. The molecule has 2 unspecified atom stereocenters. The summed E-state index contributed by atoms with van der Waals surface area (Å²) >= 11 is 0. The summed E-state index contributed by atoms with van der Waals surface area (Å²) in [6.45, 7) is 6.61. The Bertz CT molecular complexity index is 470. The average molecular weight is 299 g/mol. The molecular formula is C15H23F2N3O. The van der Waals surface area contributed by atoms with Gasteiger partial charge in [0.1, 0.15) is 0 Å². The maximum absolute atomic E-state index is 13.3. The number of morpholine rings is 1. The van der Waals surface area contributed by atoms with Gasteiger partial charge in [0.2, 0.25) is 0 Å². The summed E-state index contributed by atoms with van der Waals surface area (Å²) in [6, 6.07) is 4.23. The third kappa shape index (κ3) is 4.20. The van der Waals surface area contributed by atoms with Gasteiger partial charge in [-0.2, -0.15) is 0 Å². The van der Waals surface area contributed by atoms with Gasteiger partial charge in [0.25, 0.3) is 0 Å². The molecule has 0 saturated carbocycles. The highest BCUT2D eigenvalue weighted by molar-refractivity contribution is 5.19. The fraction of sp³-hybridized carbons (Fsp3) is 0.600. The minimum absolute atomic E-state index is 0.0701. The molecule has 0 bridgehead atoms. The molecule has 0 amide bonds. The Morgan fingerprint density at radius 3 is 2.76 bits per heavy atom. The average Bonchev–Trinajstić information content (AvgIpc) is 2.48. The van der Waals surface area contributed by atoms with E-state index in [0.717, 1.165) is 19.2 Å². The lowest BCUT2D eigenvalue weighted by Crippen LogP contribution is -2.56. The lowest BCUT2D eigenvalue weighted by molar-refractivity contribution is -0.0552. The number of nitrogens with one attached hydrogen (secondary N) is 1. The third-order valence-electron chi connectivity index (χ3n) is 3.96. The number of nitrogens with zero attached hydrogens (tertiary/aromatic N) is 1. The van der Waals surface area contributed by atoms with Gasteiger partial charge in [0.15, 0.2) is 11.6 Å². The van der Waals surface area contributed by atoms with Gasteiger partial charge in [-0.3, -0.25) is 16.2 Å². The fourth-order valence-electron chi connectivity index (χ4n) is 2.63. The molecule has 0 spiro atoms. The predicted octanol–water partition coefficient (Wildman–Crippen LogP) is 1.45. The normalized spacial score (nSPS) is 21.7. The van der Waals surface area contributed by atoms with Crippen LogP contribution in [0.2, 0.25) is 0 Å². The summed E-state index contributed by atoms with van der Waals surface area (Å²) < 4.78 is 32.0. The van der Waals surface area contributed by atoms with Crippen molar-refractivity contribution < 1.29 is 13.5 Å². The van der Waals surface area contributed by atoms with E-state index in [0.29, 0.717) is 24.6 Å². The second-order valence-corrected chi connectivity index (χ2v) is 5.72. The Morgan fingerprint density at radius 1 is 1.38 bits per heavy atom. The van der Waals surface area contributed by atoms with Gasteiger partial charge < -0.3 is 4.74 Å². The molecule has 1 fully saturated rings. The Morgan fingerprint density at radius 2 is 2.14 bits per heavy atom. The van der Waals surface area contributed by atoms with Crippen molar-refractivity contribution in [2.75, 3.05) is 19.7 Å². The van der Waals surface area contributed by atoms with E-state index in [1.165, 1.54) is 6.07 Å². The molecular weight excluding hydrogens is 276 g/mol. The Hall–Kier alpha value is -1.08. The maximum Gasteiger partial charge on any atom is 0.159 e. The highest BCUT2D eigenvalue weighted by atomic mass is 19.2. The van der Waals surface area contributed by atoms with E-state index in [9.17, 15) is 8.78 Å². The standard InChI is InChI=1S/C15H23F2N3O/c1-10(2)20-5-6-21-15(9-20)14(19-18)8-11-3-4-12(16)13(17)7-11/h3-4,7,10,14-15,19H,5-6,8-9,18H2,1-2H3. The minimum Gasteiger partial charge on any atom is -0.374 e. The number of rotatable bonds is 5. The first-order chi connectivity index (χ1) is 10.0. The molecule has 1 aromatic carbocycles. The summed E-state index contributed by atoms with van der Waals surface area (Å²) in [5.41, 5.74) is 3.44. The fourth-order valence-corrected chi connectivity index (χ4v) is 2.63. The smallest absolute Gasteiger partial charge is 0.159 e. The Labute approximate surface area is 124 Å². The van der Waals surface area contributed by atoms with Gasteiger partial charge in [-0.05, 0) is 38.0 Å². The van der Waals surface area contributed by atoms with E-state index in [2.05, 4.69) is 24.2 Å². The highest BCUT2D eigenvalue weighted by Gasteiger charge is 2.28. The molecule has 2 rings (SSSR count). The van der Waals surface area contributed by atoms with Crippen molar-refractivity contribution in [2.24, 2.45) is 5.84 Å².